The van der Waals surface area contributed by atoms with E-state index in [-0.39, 0.29) is 4.90 Å². The van der Waals surface area contributed by atoms with Crippen LogP contribution in [0.3, 0.4) is 0 Å². The molecule has 3 aromatic rings. The molecule has 1 heterocycles. The lowest BCUT2D eigenvalue weighted by Gasteiger charge is -2.06. The average Bonchev–Trinajstić information content (AvgIpc) is 2.97. The number of aromatic nitrogens is 2. The minimum atomic E-state index is -3.66. The predicted octanol–water partition coefficient (Wildman–Crippen LogP) is 2.10. The molecule has 3 rings (SSSR count). The first-order valence-electron chi connectivity index (χ1n) is 6.35. The molecule has 0 spiro atoms. The van der Waals surface area contributed by atoms with Crippen molar-refractivity contribution in [2.45, 2.75) is 4.90 Å². The van der Waals surface area contributed by atoms with Crippen molar-refractivity contribution in [1.82, 2.24) is 8.75 Å². The Morgan fingerprint density at radius 1 is 1.05 bits per heavy atom. The van der Waals surface area contributed by atoms with Gasteiger partial charge in [-0.3, -0.25) is 4.79 Å². The number of hydrogen-bond acceptors (Lipinski definition) is 6. The summed E-state index contributed by atoms with van der Waals surface area (Å²) in [5, 5.41) is 2.58. The topological polar surface area (TPSA) is 89.0 Å². The molecule has 0 aliphatic rings. The first kappa shape index (κ1) is 14.6. The SMILES string of the molecule is O=C(CS(=O)(=O)c1ccccc1)Nc1cccc2nsnc12. The first-order valence-corrected chi connectivity index (χ1v) is 8.73. The second-order valence-corrected chi connectivity index (χ2v) is 7.08. The van der Waals surface area contributed by atoms with E-state index in [1.165, 1.54) is 12.1 Å². The molecular weight excluding hydrogens is 322 g/mol. The fraction of sp³-hybridized carbons (Fsp3) is 0.0714. The third-order valence-corrected chi connectivity index (χ3v) is 5.16. The highest BCUT2D eigenvalue weighted by atomic mass is 32.2. The number of benzene rings is 2. The van der Waals surface area contributed by atoms with Crippen molar-refractivity contribution in [1.29, 1.82) is 0 Å². The summed E-state index contributed by atoms with van der Waals surface area (Å²) in [7, 11) is -3.66. The molecule has 0 aliphatic carbocycles. The third kappa shape index (κ3) is 2.97. The van der Waals surface area contributed by atoms with Gasteiger partial charge in [-0.1, -0.05) is 24.3 Å². The van der Waals surface area contributed by atoms with Crippen molar-refractivity contribution in [3.05, 3.63) is 48.5 Å². The minimum Gasteiger partial charge on any atom is -0.323 e. The Morgan fingerprint density at radius 3 is 2.59 bits per heavy atom. The number of sulfone groups is 1. The van der Waals surface area contributed by atoms with E-state index in [1.54, 1.807) is 36.4 Å². The second kappa shape index (κ2) is 5.82. The summed E-state index contributed by atoms with van der Waals surface area (Å²) in [4.78, 5) is 12.2. The Balaban J connectivity index is 1.80. The van der Waals surface area contributed by atoms with Crippen molar-refractivity contribution < 1.29 is 13.2 Å². The molecule has 22 heavy (non-hydrogen) atoms. The van der Waals surface area contributed by atoms with Crippen LogP contribution in [0.5, 0.6) is 0 Å². The van der Waals surface area contributed by atoms with Crippen molar-refractivity contribution in [3.63, 3.8) is 0 Å². The Hall–Kier alpha value is -2.32. The summed E-state index contributed by atoms with van der Waals surface area (Å²) in [6.07, 6.45) is 0. The van der Waals surface area contributed by atoms with Gasteiger partial charge in [-0.2, -0.15) is 8.75 Å². The lowest BCUT2D eigenvalue weighted by atomic mass is 10.2. The highest BCUT2D eigenvalue weighted by Crippen LogP contribution is 2.21. The number of nitrogens with zero attached hydrogens (tertiary/aromatic N) is 2. The summed E-state index contributed by atoms with van der Waals surface area (Å²) < 4.78 is 32.5. The van der Waals surface area contributed by atoms with Crippen molar-refractivity contribution in [2.24, 2.45) is 0 Å². The molecule has 0 bridgehead atoms. The molecule has 0 radical (unpaired) electrons. The van der Waals surface area contributed by atoms with Gasteiger partial charge in [0.1, 0.15) is 16.8 Å². The van der Waals surface area contributed by atoms with Crippen LogP contribution in [0.2, 0.25) is 0 Å². The Morgan fingerprint density at radius 2 is 1.82 bits per heavy atom. The maximum atomic E-state index is 12.2. The Labute approximate surface area is 131 Å². The van der Waals surface area contributed by atoms with Gasteiger partial charge in [0.05, 0.1) is 22.3 Å². The number of hydrogen-bond donors (Lipinski definition) is 1. The molecule has 0 atom stereocenters. The summed E-state index contributed by atoms with van der Waals surface area (Å²) >= 11 is 1.03. The van der Waals surface area contributed by atoms with E-state index < -0.39 is 21.5 Å². The standard InChI is InChI=1S/C14H11N3O3S2/c18-13(9-22(19,20)10-5-2-1-3-6-10)15-11-7-4-8-12-14(11)17-21-16-12/h1-8H,9H2,(H,15,18). The molecule has 0 saturated carbocycles. The highest BCUT2D eigenvalue weighted by Gasteiger charge is 2.19. The van der Waals surface area contributed by atoms with Gasteiger partial charge in [-0.15, -0.1) is 0 Å². The van der Waals surface area contributed by atoms with Crippen LogP contribution in [0.15, 0.2) is 53.4 Å². The van der Waals surface area contributed by atoms with E-state index in [0.29, 0.717) is 16.7 Å². The predicted molar refractivity (Wildman–Crippen MR) is 84.5 cm³/mol. The van der Waals surface area contributed by atoms with Crippen molar-refractivity contribution in [3.8, 4) is 0 Å². The fourth-order valence-corrected chi connectivity index (χ4v) is 3.68. The second-order valence-electron chi connectivity index (χ2n) is 4.56. The van der Waals surface area contributed by atoms with Gasteiger partial charge in [0, 0.05) is 0 Å². The highest BCUT2D eigenvalue weighted by molar-refractivity contribution is 7.92. The molecule has 8 heteroatoms. The molecular formula is C14H11N3O3S2. The maximum Gasteiger partial charge on any atom is 0.240 e. The van der Waals surface area contributed by atoms with Crippen LogP contribution in [0.4, 0.5) is 5.69 Å². The lowest BCUT2D eigenvalue weighted by Crippen LogP contribution is -2.23. The summed E-state index contributed by atoms with van der Waals surface area (Å²) in [6, 6.07) is 13.0. The molecule has 0 saturated heterocycles. The first-order chi connectivity index (χ1) is 10.6. The maximum absolute atomic E-state index is 12.2. The number of fused-ring (bicyclic) bond motifs is 1. The molecule has 0 aliphatic heterocycles. The molecule has 1 N–H and O–H groups in total. The average molecular weight is 333 g/mol. The number of anilines is 1. The Bertz CT molecular complexity index is 921. The molecule has 2 aromatic carbocycles. The van der Waals surface area contributed by atoms with Gasteiger partial charge in [0.2, 0.25) is 5.91 Å². The van der Waals surface area contributed by atoms with E-state index in [0.717, 1.165) is 11.7 Å². The fourth-order valence-electron chi connectivity index (χ4n) is 1.98. The minimum absolute atomic E-state index is 0.124. The quantitative estimate of drug-likeness (QED) is 0.790. The zero-order chi connectivity index (χ0) is 15.6. The van der Waals surface area contributed by atoms with Crippen LogP contribution in [0, 0.1) is 0 Å². The van der Waals surface area contributed by atoms with Crippen molar-refractivity contribution in [2.75, 3.05) is 11.1 Å². The van der Waals surface area contributed by atoms with Gasteiger partial charge in [-0.25, -0.2) is 8.42 Å². The van der Waals surface area contributed by atoms with Crippen LogP contribution in [0.25, 0.3) is 11.0 Å². The van der Waals surface area contributed by atoms with Crippen LogP contribution in [-0.4, -0.2) is 28.8 Å². The van der Waals surface area contributed by atoms with Gasteiger partial charge in [0.15, 0.2) is 9.84 Å². The van der Waals surface area contributed by atoms with Gasteiger partial charge in [0.25, 0.3) is 0 Å². The number of amides is 1. The summed E-state index contributed by atoms with van der Waals surface area (Å²) in [6.45, 7) is 0. The number of carbonyl (C=O) groups excluding carboxylic acids is 1. The molecule has 0 fully saturated rings. The molecule has 6 nitrogen and oxygen atoms in total. The number of nitrogens with one attached hydrogen (secondary N) is 1. The molecule has 1 amide bonds. The zero-order valence-corrected chi connectivity index (χ0v) is 12.9. The summed E-state index contributed by atoms with van der Waals surface area (Å²) in [5.74, 6) is -1.23. The largest absolute Gasteiger partial charge is 0.323 e. The van der Waals surface area contributed by atoms with Crippen LogP contribution < -0.4 is 5.32 Å². The summed E-state index contributed by atoms with van der Waals surface area (Å²) in [5.41, 5.74) is 1.67. The van der Waals surface area contributed by atoms with E-state index in [9.17, 15) is 13.2 Å². The van der Waals surface area contributed by atoms with E-state index in [4.69, 9.17) is 0 Å². The van der Waals surface area contributed by atoms with Crippen LogP contribution in [0.1, 0.15) is 0 Å². The zero-order valence-electron chi connectivity index (χ0n) is 11.3. The van der Waals surface area contributed by atoms with Crippen molar-refractivity contribution >= 4 is 44.2 Å². The van der Waals surface area contributed by atoms with E-state index >= 15 is 0 Å². The number of rotatable bonds is 4. The third-order valence-electron chi connectivity index (χ3n) is 2.98. The molecule has 0 unspecified atom stereocenters. The molecule has 1 aromatic heterocycles. The smallest absolute Gasteiger partial charge is 0.240 e. The van der Waals surface area contributed by atoms with Crippen LogP contribution in [-0.2, 0) is 14.6 Å². The lowest BCUT2D eigenvalue weighted by molar-refractivity contribution is -0.113. The van der Waals surface area contributed by atoms with Gasteiger partial charge in [-0.05, 0) is 24.3 Å². The monoisotopic (exact) mass is 333 g/mol. The van der Waals surface area contributed by atoms with E-state index in [1.807, 2.05) is 0 Å². The Kier molecular flexibility index (Phi) is 3.86. The number of carbonyl (C=O) groups is 1. The normalized spacial score (nSPS) is 11.5. The molecule has 112 valence electrons. The van der Waals surface area contributed by atoms with Crippen LogP contribution >= 0.6 is 11.7 Å². The van der Waals surface area contributed by atoms with Gasteiger partial charge >= 0.3 is 0 Å². The van der Waals surface area contributed by atoms with E-state index in [2.05, 4.69) is 14.1 Å². The van der Waals surface area contributed by atoms with Gasteiger partial charge < -0.3 is 5.32 Å².